The van der Waals surface area contributed by atoms with Crippen molar-refractivity contribution in [3.63, 3.8) is 0 Å². The van der Waals surface area contributed by atoms with Crippen LogP contribution in [0, 0.1) is 0 Å². The van der Waals surface area contributed by atoms with E-state index in [4.69, 9.17) is 10.8 Å². The topological polar surface area (TPSA) is 71.2 Å². The van der Waals surface area contributed by atoms with Gasteiger partial charge in [0, 0.05) is 23.8 Å². The Morgan fingerprint density at radius 1 is 1.50 bits per heavy atom. The van der Waals surface area contributed by atoms with Gasteiger partial charge in [0.2, 0.25) is 0 Å². The van der Waals surface area contributed by atoms with E-state index in [2.05, 4.69) is 26.2 Å². The maximum Gasteiger partial charge on any atom is 0.149 e. The number of anilines is 2. The van der Waals surface area contributed by atoms with Crippen molar-refractivity contribution in [2.24, 2.45) is 0 Å². The van der Waals surface area contributed by atoms with Crippen molar-refractivity contribution in [1.29, 1.82) is 0 Å². The number of nitrogens with zero attached hydrogens (tertiary/aromatic N) is 1. The number of rotatable bonds is 5. The number of aromatic nitrogens is 1. The van der Waals surface area contributed by atoms with Crippen LogP contribution in [0.4, 0.5) is 11.5 Å². The molecule has 0 spiro atoms. The van der Waals surface area contributed by atoms with E-state index in [9.17, 15) is 0 Å². The summed E-state index contributed by atoms with van der Waals surface area (Å²) in [4.78, 5) is 4.13. The highest BCUT2D eigenvalue weighted by atomic mass is 79.9. The van der Waals surface area contributed by atoms with Crippen molar-refractivity contribution in [2.75, 3.05) is 24.2 Å². The van der Waals surface area contributed by atoms with Crippen LogP contribution in [0.5, 0.6) is 0 Å². The quantitative estimate of drug-likeness (QED) is 0.703. The zero-order valence-electron chi connectivity index (χ0n) is 7.83. The molecule has 1 rings (SSSR count). The van der Waals surface area contributed by atoms with Crippen LogP contribution in [0.15, 0.2) is 16.7 Å². The summed E-state index contributed by atoms with van der Waals surface area (Å²) in [7, 11) is 0. The van der Waals surface area contributed by atoms with Gasteiger partial charge < -0.3 is 16.2 Å². The molecule has 0 saturated carbocycles. The first-order valence-corrected chi connectivity index (χ1v) is 5.29. The van der Waals surface area contributed by atoms with Gasteiger partial charge in [-0.1, -0.05) is 0 Å². The van der Waals surface area contributed by atoms with Gasteiger partial charge in [-0.15, -0.1) is 0 Å². The fourth-order valence-corrected chi connectivity index (χ4v) is 1.40. The summed E-state index contributed by atoms with van der Waals surface area (Å²) < 4.78 is 0.871. The predicted octanol–water partition coefficient (Wildman–Crippen LogP) is 1.61. The number of hydrogen-bond donors (Lipinski definition) is 3. The maximum absolute atomic E-state index is 8.58. The number of nitrogen functional groups attached to an aromatic ring is 1. The van der Waals surface area contributed by atoms with Crippen LogP contribution in [0.3, 0.4) is 0 Å². The van der Waals surface area contributed by atoms with Crippen LogP contribution in [0.1, 0.15) is 12.8 Å². The average Bonchev–Trinajstić information content (AvgIpc) is 2.15. The van der Waals surface area contributed by atoms with Gasteiger partial charge in [0.1, 0.15) is 5.82 Å². The molecule has 0 unspecified atom stereocenters. The van der Waals surface area contributed by atoms with Gasteiger partial charge in [-0.05, 0) is 34.8 Å². The Labute approximate surface area is 91.7 Å². The third kappa shape index (κ3) is 3.51. The molecule has 1 aromatic rings. The van der Waals surface area contributed by atoms with Gasteiger partial charge in [-0.2, -0.15) is 0 Å². The Bertz CT molecular complexity index is 293. The van der Waals surface area contributed by atoms with Crippen LogP contribution >= 0.6 is 15.9 Å². The van der Waals surface area contributed by atoms with E-state index in [0.717, 1.165) is 23.9 Å². The number of nitrogens with one attached hydrogen (secondary N) is 1. The fourth-order valence-electron chi connectivity index (χ4n) is 1.05. The number of halogens is 1. The van der Waals surface area contributed by atoms with Crippen LogP contribution in [0.2, 0.25) is 0 Å². The van der Waals surface area contributed by atoms with Gasteiger partial charge in [0.15, 0.2) is 0 Å². The standard InChI is InChI=1S/C9H14BrN3O/c10-7-5-8(11)9(13-6-7)12-3-1-2-4-14/h5-6,14H,1-4,11H2,(H,12,13). The highest BCUT2D eigenvalue weighted by Gasteiger charge is 1.99. The SMILES string of the molecule is Nc1cc(Br)cnc1NCCCCO. The molecule has 0 saturated heterocycles. The Hall–Kier alpha value is -0.810. The third-order valence-corrected chi connectivity index (χ3v) is 2.19. The largest absolute Gasteiger partial charge is 0.396 e. The molecule has 1 aromatic heterocycles. The minimum absolute atomic E-state index is 0.227. The summed E-state index contributed by atoms with van der Waals surface area (Å²) in [5.41, 5.74) is 6.36. The molecule has 0 aliphatic rings. The molecule has 5 heteroatoms. The van der Waals surface area contributed by atoms with Gasteiger partial charge in [0.25, 0.3) is 0 Å². The molecular weight excluding hydrogens is 246 g/mol. The van der Waals surface area contributed by atoms with Crippen molar-refractivity contribution in [3.05, 3.63) is 16.7 Å². The van der Waals surface area contributed by atoms with Crippen LogP contribution in [0.25, 0.3) is 0 Å². The normalized spacial score (nSPS) is 10.1. The minimum atomic E-state index is 0.227. The maximum atomic E-state index is 8.58. The summed E-state index contributed by atoms with van der Waals surface area (Å²) in [6.45, 7) is 1.00. The zero-order valence-corrected chi connectivity index (χ0v) is 9.42. The highest BCUT2D eigenvalue weighted by Crippen LogP contribution is 2.19. The van der Waals surface area contributed by atoms with E-state index in [1.54, 1.807) is 12.3 Å². The molecular formula is C9H14BrN3O. The summed E-state index contributed by atoms with van der Waals surface area (Å²) in [5.74, 6) is 0.700. The average molecular weight is 260 g/mol. The third-order valence-electron chi connectivity index (χ3n) is 1.76. The van der Waals surface area contributed by atoms with Gasteiger partial charge in [-0.3, -0.25) is 0 Å². The minimum Gasteiger partial charge on any atom is -0.396 e. The second-order valence-corrected chi connectivity index (χ2v) is 3.86. The van der Waals surface area contributed by atoms with E-state index in [-0.39, 0.29) is 6.61 Å². The summed E-state index contributed by atoms with van der Waals surface area (Å²) in [6.07, 6.45) is 3.40. The lowest BCUT2D eigenvalue weighted by Gasteiger charge is -2.07. The number of pyridine rings is 1. The van der Waals surface area contributed by atoms with Crippen LogP contribution in [-0.4, -0.2) is 23.2 Å². The van der Waals surface area contributed by atoms with Crippen molar-refractivity contribution in [1.82, 2.24) is 4.98 Å². The number of hydrogen-bond acceptors (Lipinski definition) is 4. The molecule has 0 atom stereocenters. The number of aliphatic hydroxyl groups excluding tert-OH is 1. The van der Waals surface area contributed by atoms with Gasteiger partial charge in [0.05, 0.1) is 5.69 Å². The fraction of sp³-hybridized carbons (Fsp3) is 0.444. The molecule has 14 heavy (non-hydrogen) atoms. The lowest BCUT2D eigenvalue weighted by Crippen LogP contribution is -2.06. The molecule has 0 bridgehead atoms. The van der Waals surface area contributed by atoms with Gasteiger partial charge in [-0.25, -0.2) is 4.98 Å². The van der Waals surface area contributed by atoms with Crippen LogP contribution < -0.4 is 11.1 Å². The summed E-state index contributed by atoms with van der Waals surface area (Å²) in [5, 5.41) is 11.7. The second-order valence-electron chi connectivity index (χ2n) is 2.95. The Morgan fingerprint density at radius 3 is 2.93 bits per heavy atom. The van der Waals surface area contributed by atoms with Crippen LogP contribution in [-0.2, 0) is 0 Å². The first-order chi connectivity index (χ1) is 6.74. The molecule has 0 radical (unpaired) electrons. The molecule has 0 aliphatic carbocycles. The number of aliphatic hydroxyl groups is 1. The van der Waals surface area contributed by atoms with E-state index in [1.807, 2.05) is 0 Å². The molecule has 1 heterocycles. The first kappa shape index (κ1) is 11.3. The molecule has 0 aromatic carbocycles. The molecule has 0 aliphatic heterocycles. The number of nitrogens with two attached hydrogens (primary N) is 1. The lowest BCUT2D eigenvalue weighted by molar-refractivity contribution is 0.286. The Kier molecular flexibility index (Phi) is 4.69. The molecule has 4 N–H and O–H groups in total. The van der Waals surface area contributed by atoms with Crippen molar-refractivity contribution in [3.8, 4) is 0 Å². The first-order valence-electron chi connectivity index (χ1n) is 4.50. The van der Waals surface area contributed by atoms with E-state index in [1.165, 1.54) is 0 Å². The van der Waals surface area contributed by atoms with Crippen molar-refractivity contribution in [2.45, 2.75) is 12.8 Å². The smallest absolute Gasteiger partial charge is 0.149 e. The zero-order chi connectivity index (χ0) is 10.4. The van der Waals surface area contributed by atoms with Crippen molar-refractivity contribution >= 4 is 27.4 Å². The predicted molar refractivity (Wildman–Crippen MR) is 61.2 cm³/mol. The van der Waals surface area contributed by atoms with E-state index >= 15 is 0 Å². The van der Waals surface area contributed by atoms with E-state index in [0.29, 0.717) is 11.5 Å². The molecule has 78 valence electrons. The number of unbranched alkanes of at least 4 members (excludes halogenated alkanes) is 1. The molecule has 4 nitrogen and oxygen atoms in total. The van der Waals surface area contributed by atoms with E-state index < -0.39 is 0 Å². The van der Waals surface area contributed by atoms with Gasteiger partial charge >= 0.3 is 0 Å². The van der Waals surface area contributed by atoms with Crippen molar-refractivity contribution < 1.29 is 5.11 Å². The second kappa shape index (κ2) is 5.82. The summed E-state index contributed by atoms with van der Waals surface area (Å²) >= 11 is 3.29. The Balaban J connectivity index is 2.42. The lowest BCUT2D eigenvalue weighted by atomic mass is 10.3. The molecule has 0 amide bonds. The molecule has 0 fully saturated rings. The monoisotopic (exact) mass is 259 g/mol. The summed E-state index contributed by atoms with van der Waals surface area (Å²) in [6, 6.07) is 1.81. The highest BCUT2D eigenvalue weighted by molar-refractivity contribution is 9.10. The Morgan fingerprint density at radius 2 is 2.29 bits per heavy atom.